The Kier molecular flexibility index (Phi) is 5.46. The summed E-state index contributed by atoms with van der Waals surface area (Å²) in [5, 5.41) is 13.5. The van der Waals surface area contributed by atoms with E-state index < -0.39 is 0 Å². The second kappa shape index (κ2) is 6.88. The number of nitrogens with one attached hydrogen (secondary N) is 1. The Bertz CT molecular complexity index is 233. The maximum atomic E-state index is 9.97. The molecule has 0 bridgehead atoms. The van der Waals surface area contributed by atoms with Gasteiger partial charge >= 0.3 is 0 Å². The highest BCUT2D eigenvalue weighted by atomic mass is 16.5. The molecule has 1 atom stereocenters. The zero-order valence-electron chi connectivity index (χ0n) is 11.8. The number of hydrogen-bond acceptors (Lipinski definition) is 3. The van der Waals surface area contributed by atoms with Crippen molar-refractivity contribution < 1.29 is 9.84 Å². The molecule has 3 nitrogen and oxygen atoms in total. The van der Waals surface area contributed by atoms with Gasteiger partial charge < -0.3 is 15.2 Å². The van der Waals surface area contributed by atoms with Gasteiger partial charge in [-0.1, -0.05) is 32.1 Å². The van der Waals surface area contributed by atoms with Crippen molar-refractivity contribution >= 4 is 0 Å². The normalized spacial score (nSPS) is 26.3. The van der Waals surface area contributed by atoms with E-state index in [1.165, 1.54) is 57.8 Å². The molecule has 0 aromatic rings. The highest BCUT2D eigenvalue weighted by Gasteiger charge is 2.26. The van der Waals surface area contributed by atoms with Crippen molar-refractivity contribution in [1.29, 1.82) is 0 Å². The largest absolute Gasteiger partial charge is 0.389 e. The highest BCUT2D eigenvalue weighted by molar-refractivity contribution is 4.86. The molecule has 2 aliphatic rings. The summed E-state index contributed by atoms with van der Waals surface area (Å²) in [5.74, 6) is 0. The van der Waals surface area contributed by atoms with Gasteiger partial charge in [-0.05, 0) is 32.6 Å². The molecule has 0 spiro atoms. The molecule has 1 unspecified atom stereocenters. The summed E-state index contributed by atoms with van der Waals surface area (Å²) >= 11 is 0. The van der Waals surface area contributed by atoms with Crippen LogP contribution >= 0.6 is 0 Å². The van der Waals surface area contributed by atoms with Gasteiger partial charge in [0, 0.05) is 12.1 Å². The summed E-state index contributed by atoms with van der Waals surface area (Å²) in [6, 6.07) is 0. The third-order valence-electron chi connectivity index (χ3n) is 4.55. The highest BCUT2D eigenvalue weighted by Crippen LogP contribution is 2.27. The monoisotopic (exact) mass is 255 g/mol. The predicted octanol–water partition coefficient (Wildman–Crippen LogP) is 2.62. The number of hydrogen-bond donors (Lipinski definition) is 2. The summed E-state index contributed by atoms with van der Waals surface area (Å²) < 4.78 is 5.75. The predicted molar refractivity (Wildman–Crippen MR) is 73.7 cm³/mol. The average molecular weight is 255 g/mol. The molecule has 0 aromatic carbocycles. The van der Waals surface area contributed by atoms with Crippen LogP contribution in [0, 0.1) is 0 Å². The van der Waals surface area contributed by atoms with Crippen molar-refractivity contribution in [3.63, 3.8) is 0 Å². The zero-order valence-corrected chi connectivity index (χ0v) is 11.8. The third kappa shape index (κ3) is 4.52. The van der Waals surface area contributed by atoms with Gasteiger partial charge in [-0.3, -0.25) is 0 Å². The van der Waals surface area contributed by atoms with Gasteiger partial charge in [0.05, 0.1) is 18.8 Å². The standard InChI is InChI=1S/C15H29NO2/c1-15(9-5-2-6-10-15)16-11-13(17)12-18-14-7-3-4-8-14/h13-14,16-17H,2-12H2,1H3. The quantitative estimate of drug-likeness (QED) is 0.766. The molecule has 2 fully saturated rings. The molecule has 2 saturated carbocycles. The lowest BCUT2D eigenvalue weighted by Crippen LogP contribution is -2.47. The molecule has 0 saturated heterocycles. The summed E-state index contributed by atoms with van der Waals surface area (Å²) in [6.07, 6.45) is 11.5. The average Bonchev–Trinajstić information content (AvgIpc) is 2.88. The summed E-state index contributed by atoms with van der Waals surface area (Å²) in [5.41, 5.74) is 0.243. The van der Waals surface area contributed by atoms with Gasteiger partial charge in [0.1, 0.15) is 0 Å². The van der Waals surface area contributed by atoms with Crippen LogP contribution in [0.2, 0.25) is 0 Å². The first-order valence-corrected chi connectivity index (χ1v) is 7.73. The van der Waals surface area contributed by atoms with E-state index in [1.54, 1.807) is 0 Å². The fraction of sp³-hybridized carbons (Fsp3) is 1.00. The lowest BCUT2D eigenvalue weighted by atomic mass is 9.83. The molecular formula is C15H29NO2. The second-order valence-electron chi connectivity index (χ2n) is 6.40. The van der Waals surface area contributed by atoms with E-state index in [0.29, 0.717) is 19.3 Å². The number of ether oxygens (including phenoxy) is 1. The first-order valence-electron chi connectivity index (χ1n) is 7.73. The van der Waals surface area contributed by atoms with Gasteiger partial charge in [0.2, 0.25) is 0 Å². The molecule has 0 radical (unpaired) electrons. The van der Waals surface area contributed by atoms with E-state index in [0.717, 1.165) is 0 Å². The Morgan fingerprint density at radius 2 is 1.83 bits per heavy atom. The van der Waals surface area contributed by atoms with Crippen molar-refractivity contribution in [2.45, 2.75) is 82.5 Å². The van der Waals surface area contributed by atoms with Crippen molar-refractivity contribution in [2.75, 3.05) is 13.2 Å². The molecule has 18 heavy (non-hydrogen) atoms. The molecule has 2 rings (SSSR count). The minimum atomic E-state index is -0.357. The Labute approximate surface area is 111 Å². The fourth-order valence-corrected chi connectivity index (χ4v) is 3.23. The Balaban J connectivity index is 1.59. The number of β-amino-alcohol motifs (C(OH)–C–C–N with tert-alkyl or cyclic N) is 1. The van der Waals surface area contributed by atoms with E-state index >= 15 is 0 Å². The van der Waals surface area contributed by atoms with Crippen molar-refractivity contribution in [3.05, 3.63) is 0 Å². The van der Waals surface area contributed by atoms with Gasteiger partial charge in [0.25, 0.3) is 0 Å². The molecule has 0 heterocycles. The topological polar surface area (TPSA) is 41.5 Å². The molecule has 0 aliphatic heterocycles. The SMILES string of the molecule is CC1(NCC(O)COC2CCCC2)CCCCC1. The van der Waals surface area contributed by atoms with E-state index in [-0.39, 0.29) is 11.6 Å². The van der Waals surface area contributed by atoms with E-state index in [2.05, 4.69) is 12.2 Å². The minimum Gasteiger partial charge on any atom is -0.389 e. The van der Waals surface area contributed by atoms with E-state index in [9.17, 15) is 5.11 Å². The summed E-state index contributed by atoms with van der Waals surface area (Å²) in [4.78, 5) is 0. The number of rotatable bonds is 6. The lowest BCUT2D eigenvalue weighted by molar-refractivity contribution is -0.00850. The van der Waals surface area contributed by atoms with Crippen LogP contribution in [0.1, 0.15) is 64.7 Å². The first kappa shape index (κ1) is 14.3. The molecular weight excluding hydrogens is 226 g/mol. The summed E-state index contributed by atoms with van der Waals surface area (Å²) in [6.45, 7) is 3.45. The Hall–Kier alpha value is -0.120. The van der Waals surface area contributed by atoms with Crippen LogP contribution in [-0.4, -0.2) is 36.0 Å². The van der Waals surface area contributed by atoms with Gasteiger partial charge in [-0.15, -0.1) is 0 Å². The van der Waals surface area contributed by atoms with Crippen LogP contribution in [-0.2, 0) is 4.74 Å². The molecule has 0 amide bonds. The second-order valence-corrected chi connectivity index (χ2v) is 6.40. The van der Waals surface area contributed by atoms with Crippen LogP contribution in [0.15, 0.2) is 0 Å². The fourth-order valence-electron chi connectivity index (χ4n) is 3.23. The molecule has 2 aliphatic carbocycles. The maximum Gasteiger partial charge on any atom is 0.0898 e. The molecule has 0 aromatic heterocycles. The van der Waals surface area contributed by atoms with Gasteiger partial charge in [-0.2, -0.15) is 0 Å². The molecule has 2 N–H and O–H groups in total. The van der Waals surface area contributed by atoms with E-state index in [4.69, 9.17) is 4.74 Å². The maximum absolute atomic E-state index is 9.97. The van der Waals surface area contributed by atoms with Crippen molar-refractivity contribution in [2.24, 2.45) is 0 Å². The van der Waals surface area contributed by atoms with Crippen LogP contribution in [0.25, 0.3) is 0 Å². The van der Waals surface area contributed by atoms with Gasteiger partial charge in [-0.25, -0.2) is 0 Å². The van der Waals surface area contributed by atoms with Gasteiger partial charge in [0.15, 0.2) is 0 Å². The van der Waals surface area contributed by atoms with Crippen LogP contribution in [0.5, 0.6) is 0 Å². The zero-order chi connectivity index (χ0) is 12.8. The lowest BCUT2D eigenvalue weighted by Gasteiger charge is -2.35. The number of aliphatic hydroxyl groups is 1. The first-order chi connectivity index (χ1) is 8.68. The van der Waals surface area contributed by atoms with E-state index in [1.807, 2.05) is 0 Å². The molecule has 3 heteroatoms. The van der Waals surface area contributed by atoms with Crippen LogP contribution < -0.4 is 5.32 Å². The third-order valence-corrected chi connectivity index (χ3v) is 4.55. The molecule has 106 valence electrons. The van der Waals surface area contributed by atoms with Crippen LogP contribution in [0.4, 0.5) is 0 Å². The minimum absolute atomic E-state index is 0.243. The smallest absolute Gasteiger partial charge is 0.0898 e. The van der Waals surface area contributed by atoms with Crippen molar-refractivity contribution in [1.82, 2.24) is 5.32 Å². The van der Waals surface area contributed by atoms with Crippen LogP contribution in [0.3, 0.4) is 0 Å². The summed E-state index contributed by atoms with van der Waals surface area (Å²) in [7, 11) is 0. The van der Waals surface area contributed by atoms with Crippen molar-refractivity contribution in [3.8, 4) is 0 Å². The number of aliphatic hydroxyl groups excluding tert-OH is 1. The Morgan fingerprint density at radius 1 is 1.17 bits per heavy atom. The Morgan fingerprint density at radius 3 is 2.50 bits per heavy atom.